The van der Waals surface area contributed by atoms with E-state index in [2.05, 4.69) is 44.7 Å². The molecule has 2 aromatic rings. The molecule has 0 aliphatic rings. The van der Waals surface area contributed by atoms with Crippen molar-refractivity contribution < 1.29 is 4.52 Å². The van der Waals surface area contributed by atoms with Gasteiger partial charge < -0.3 is 15.3 Å². The lowest BCUT2D eigenvalue weighted by atomic mass is 10.0. The van der Waals surface area contributed by atoms with Gasteiger partial charge in [0.05, 0.1) is 0 Å². The van der Waals surface area contributed by atoms with Gasteiger partial charge in [0.25, 0.3) is 0 Å². The number of nitrogens with two attached hydrogens (primary N) is 1. The van der Waals surface area contributed by atoms with Gasteiger partial charge in [-0.1, -0.05) is 19.0 Å². The zero-order valence-electron chi connectivity index (χ0n) is 10.9. The molecule has 0 fully saturated rings. The molecule has 0 aliphatic carbocycles. The molecule has 0 amide bonds. The minimum absolute atomic E-state index is 0.248. The third kappa shape index (κ3) is 3.16. The third-order valence-electron chi connectivity index (χ3n) is 2.64. The molecule has 102 valence electrons. The number of hydrogen-bond acceptors (Lipinski definition) is 8. The molecule has 19 heavy (non-hydrogen) atoms. The maximum atomic E-state index is 5.46. The van der Waals surface area contributed by atoms with Crippen LogP contribution in [0, 0.1) is 0 Å². The average molecular weight is 263 g/mol. The first kappa shape index (κ1) is 13.2. The molecule has 0 aromatic carbocycles. The van der Waals surface area contributed by atoms with Gasteiger partial charge in [-0.3, -0.25) is 0 Å². The van der Waals surface area contributed by atoms with E-state index < -0.39 is 0 Å². The lowest BCUT2D eigenvalue weighted by molar-refractivity contribution is 0.379. The summed E-state index contributed by atoms with van der Waals surface area (Å²) in [5.41, 5.74) is 3.54. The van der Waals surface area contributed by atoms with Crippen molar-refractivity contribution in [2.24, 2.45) is 5.84 Å². The number of rotatable bonds is 6. The maximum absolute atomic E-state index is 5.46. The minimum atomic E-state index is 0.248. The fourth-order valence-electron chi connectivity index (χ4n) is 1.79. The molecule has 0 radical (unpaired) electrons. The van der Waals surface area contributed by atoms with E-state index in [1.54, 1.807) is 0 Å². The van der Waals surface area contributed by atoms with Crippen LogP contribution < -0.4 is 16.6 Å². The summed E-state index contributed by atoms with van der Waals surface area (Å²) < 4.78 is 4.93. The van der Waals surface area contributed by atoms with Crippen molar-refractivity contribution in [3.8, 4) is 0 Å². The highest BCUT2D eigenvalue weighted by Gasteiger charge is 2.14. The van der Waals surface area contributed by atoms with Crippen LogP contribution in [0.15, 0.2) is 17.2 Å². The molecule has 0 atom stereocenters. The van der Waals surface area contributed by atoms with E-state index in [0.717, 1.165) is 11.4 Å². The molecule has 0 saturated heterocycles. The Kier molecular flexibility index (Phi) is 4.24. The second kappa shape index (κ2) is 6.10. The van der Waals surface area contributed by atoms with E-state index in [1.165, 1.54) is 12.7 Å². The van der Waals surface area contributed by atoms with Crippen molar-refractivity contribution in [3.63, 3.8) is 0 Å². The van der Waals surface area contributed by atoms with Gasteiger partial charge in [-0.05, 0) is 5.92 Å². The summed E-state index contributed by atoms with van der Waals surface area (Å²) in [6.07, 6.45) is 3.49. The number of anilines is 2. The van der Waals surface area contributed by atoms with Crippen molar-refractivity contribution in [1.29, 1.82) is 0 Å². The topological polar surface area (TPSA) is 115 Å². The molecule has 4 N–H and O–H groups in total. The molecule has 8 heteroatoms. The predicted octanol–water partition coefficient (Wildman–Crippen LogP) is 0.923. The van der Waals surface area contributed by atoms with Crippen molar-refractivity contribution in [3.05, 3.63) is 24.1 Å². The van der Waals surface area contributed by atoms with Crippen LogP contribution in [-0.4, -0.2) is 26.7 Å². The minimum Gasteiger partial charge on any atom is -0.369 e. The fraction of sp³-hybridized carbons (Fsp3) is 0.455. The molecule has 2 rings (SSSR count). The van der Waals surface area contributed by atoms with Crippen molar-refractivity contribution >= 4 is 11.6 Å². The summed E-state index contributed by atoms with van der Waals surface area (Å²) in [6.45, 7) is 4.76. The highest BCUT2D eigenvalue weighted by atomic mass is 16.5. The van der Waals surface area contributed by atoms with E-state index >= 15 is 0 Å². The number of aromatic nitrogens is 4. The van der Waals surface area contributed by atoms with Gasteiger partial charge in [-0.2, -0.15) is 4.98 Å². The Morgan fingerprint density at radius 2 is 2.00 bits per heavy atom. The molecule has 0 unspecified atom stereocenters. The Morgan fingerprint density at radius 1 is 1.21 bits per heavy atom. The van der Waals surface area contributed by atoms with Gasteiger partial charge in [-0.25, -0.2) is 15.8 Å². The largest absolute Gasteiger partial charge is 0.369 e. The number of hydrazine groups is 1. The molecule has 8 nitrogen and oxygen atoms in total. The Hall–Kier alpha value is -2.22. The summed E-state index contributed by atoms with van der Waals surface area (Å²) in [4.78, 5) is 12.3. The van der Waals surface area contributed by atoms with E-state index in [9.17, 15) is 0 Å². The summed E-state index contributed by atoms with van der Waals surface area (Å²) in [7, 11) is 0. The molecule has 0 saturated carbocycles. The first-order valence-electron chi connectivity index (χ1n) is 6.03. The highest BCUT2D eigenvalue weighted by Crippen LogP contribution is 2.27. The zero-order chi connectivity index (χ0) is 13.7. The summed E-state index contributed by atoms with van der Waals surface area (Å²) in [6, 6.07) is 0. The van der Waals surface area contributed by atoms with Gasteiger partial charge in [0.2, 0.25) is 5.89 Å². The monoisotopic (exact) mass is 263 g/mol. The normalized spacial score (nSPS) is 10.7. The molecule has 0 spiro atoms. The molecule has 2 aromatic heterocycles. The van der Waals surface area contributed by atoms with Crippen LogP contribution in [0.2, 0.25) is 0 Å². The smallest absolute Gasteiger partial charge is 0.228 e. The fourth-order valence-corrected chi connectivity index (χ4v) is 1.79. The Bertz CT molecular complexity index is 512. The first-order valence-corrected chi connectivity index (χ1v) is 6.03. The van der Waals surface area contributed by atoms with Gasteiger partial charge >= 0.3 is 0 Å². The average Bonchev–Trinajstić information content (AvgIpc) is 2.91. The lowest BCUT2D eigenvalue weighted by Gasteiger charge is -2.15. The Balaban J connectivity index is 2.07. The second-order valence-electron chi connectivity index (χ2n) is 4.30. The van der Waals surface area contributed by atoms with E-state index in [0.29, 0.717) is 24.7 Å². The predicted molar refractivity (Wildman–Crippen MR) is 70.4 cm³/mol. The van der Waals surface area contributed by atoms with Crippen LogP contribution in [0.5, 0.6) is 0 Å². The quantitative estimate of drug-likeness (QED) is 0.520. The molecule has 0 bridgehead atoms. The maximum Gasteiger partial charge on any atom is 0.228 e. The standard InChI is InChI=1S/C11H17N7O/c1-7(2)9-10(15-5-16-11(9)18-12)13-4-3-8-14-6-17-19-8/h5-7H,3-4,12H2,1-2H3,(H2,13,15,16,18). The Morgan fingerprint density at radius 3 is 2.63 bits per heavy atom. The van der Waals surface area contributed by atoms with E-state index in [4.69, 9.17) is 10.4 Å². The zero-order valence-corrected chi connectivity index (χ0v) is 10.9. The van der Waals surface area contributed by atoms with Gasteiger partial charge in [0, 0.05) is 18.5 Å². The van der Waals surface area contributed by atoms with Crippen LogP contribution >= 0.6 is 0 Å². The summed E-state index contributed by atoms with van der Waals surface area (Å²) in [5.74, 6) is 7.69. The SMILES string of the molecule is CC(C)c1c(NN)ncnc1NCCc1ncno1. The van der Waals surface area contributed by atoms with Gasteiger partial charge in [0.1, 0.15) is 18.0 Å². The molecular formula is C11H17N7O. The number of nitrogens with one attached hydrogen (secondary N) is 2. The third-order valence-corrected chi connectivity index (χ3v) is 2.64. The summed E-state index contributed by atoms with van der Waals surface area (Å²) >= 11 is 0. The molecule has 0 aliphatic heterocycles. The lowest BCUT2D eigenvalue weighted by Crippen LogP contribution is -2.16. The van der Waals surface area contributed by atoms with Crippen LogP contribution in [0.25, 0.3) is 0 Å². The number of hydrogen-bond donors (Lipinski definition) is 3. The van der Waals surface area contributed by atoms with Crippen molar-refractivity contribution in [1.82, 2.24) is 20.1 Å². The van der Waals surface area contributed by atoms with Crippen molar-refractivity contribution in [2.45, 2.75) is 26.2 Å². The van der Waals surface area contributed by atoms with Crippen LogP contribution in [0.3, 0.4) is 0 Å². The van der Waals surface area contributed by atoms with Crippen LogP contribution in [0.1, 0.15) is 31.2 Å². The van der Waals surface area contributed by atoms with Gasteiger partial charge in [-0.15, -0.1) is 0 Å². The van der Waals surface area contributed by atoms with Crippen LogP contribution in [0.4, 0.5) is 11.6 Å². The van der Waals surface area contributed by atoms with Gasteiger partial charge in [0.15, 0.2) is 6.33 Å². The van der Waals surface area contributed by atoms with E-state index in [-0.39, 0.29) is 5.92 Å². The second-order valence-corrected chi connectivity index (χ2v) is 4.30. The van der Waals surface area contributed by atoms with Crippen molar-refractivity contribution in [2.75, 3.05) is 17.3 Å². The number of nitrogens with zero attached hydrogens (tertiary/aromatic N) is 4. The molecular weight excluding hydrogens is 246 g/mol. The summed E-state index contributed by atoms with van der Waals surface area (Å²) in [5, 5.41) is 6.79. The number of nitrogen functional groups attached to an aromatic ring is 1. The van der Waals surface area contributed by atoms with E-state index in [1.807, 2.05) is 0 Å². The highest BCUT2D eigenvalue weighted by molar-refractivity contribution is 5.58. The first-order chi connectivity index (χ1) is 9.22. The Labute approximate surface area is 110 Å². The van der Waals surface area contributed by atoms with Crippen LogP contribution in [-0.2, 0) is 6.42 Å². The molecule has 2 heterocycles.